The van der Waals surface area contributed by atoms with Gasteiger partial charge in [0, 0.05) is 60.6 Å². The summed E-state index contributed by atoms with van der Waals surface area (Å²) >= 11 is 0. The summed E-state index contributed by atoms with van der Waals surface area (Å²) in [4.78, 5) is 42.2. The van der Waals surface area contributed by atoms with Crippen molar-refractivity contribution in [1.29, 1.82) is 0 Å². The molecule has 0 saturated heterocycles. The zero-order chi connectivity index (χ0) is 27.6. The van der Waals surface area contributed by atoms with Gasteiger partial charge in [0.05, 0.1) is 5.92 Å². The van der Waals surface area contributed by atoms with Gasteiger partial charge in [-0.15, -0.1) is 12.4 Å². The third-order valence-corrected chi connectivity index (χ3v) is 7.49. The number of fused-ring (bicyclic) bond motifs is 3. The molecular formula is C29H41ClN4O5. The number of halogens is 1. The van der Waals surface area contributed by atoms with Crippen LogP contribution in [0, 0.1) is 11.8 Å². The maximum absolute atomic E-state index is 13.5. The number of benzene rings is 1. The van der Waals surface area contributed by atoms with E-state index in [1.165, 1.54) is 0 Å². The Kier molecular flexibility index (Phi) is 9.59. The number of carbonyl (C=O) groups excluding carboxylic acids is 3. The normalized spacial score (nSPS) is 19.5. The Labute approximate surface area is 236 Å². The zero-order valence-electron chi connectivity index (χ0n) is 23.7. The highest BCUT2D eigenvalue weighted by Gasteiger charge is 2.35. The number of hydrogen-bond donors (Lipinski definition) is 1. The van der Waals surface area contributed by atoms with Crippen molar-refractivity contribution < 1.29 is 23.9 Å². The molecule has 3 atom stereocenters. The molecule has 3 unspecified atom stereocenters. The van der Waals surface area contributed by atoms with Gasteiger partial charge in [-0.2, -0.15) is 0 Å². The van der Waals surface area contributed by atoms with Crippen LogP contribution < -0.4 is 5.32 Å². The Morgan fingerprint density at radius 1 is 1.15 bits per heavy atom. The summed E-state index contributed by atoms with van der Waals surface area (Å²) in [6.07, 6.45) is 5.48. The SMILES string of the molecule is CCC(CNC(=O)OC(C)(C)C)C(=O)OCN1C=CN(CC2CCc3c(c4ccccc4n3C)C2=O)C1C.Cl. The predicted octanol–water partition coefficient (Wildman–Crippen LogP) is 4.83. The minimum atomic E-state index is -0.601. The van der Waals surface area contributed by atoms with Crippen LogP contribution in [0.4, 0.5) is 4.79 Å². The first-order chi connectivity index (χ1) is 18.0. The van der Waals surface area contributed by atoms with Gasteiger partial charge in [-0.3, -0.25) is 9.59 Å². The number of carbonyl (C=O) groups is 3. The lowest BCUT2D eigenvalue weighted by atomic mass is 9.84. The highest BCUT2D eigenvalue weighted by atomic mass is 35.5. The molecule has 2 aliphatic rings. The number of para-hydroxylation sites is 1. The van der Waals surface area contributed by atoms with Crippen LogP contribution in [-0.4, -0.2) is 63.8 Å². The van der Waals surface area contributed by atoms with Crippen LogP contribution in [0.25, 0.3) is 10.9 Å². The zero-order valence-corrected chi connectivity index (χ0v) is 24.5. The molecule has 0 radical (unpaired) electrons. The fraction of sp³-hybridized carbons (Fsp3) is 0.552. The number of nitrogens with zero attached hydrogens (tertiary/aromatic N) is 3. The van der Waals surface area contributed by atoms with Crippen LogP contribution in [0.15, 0.2) is 36.7 Å². The number of aryl methyl sites for hydroxylation is 1. The first-order valence-corrected chi connectivity index (χ1v) is 13.4. The Morgan fingerprint density at radius 2 is 1.85 bits per heavy atom. The summed E-state index contributed by atoms with van der Waals surface area (Å²) < 4.78 is 13.0. The van der Waals surface area contributed by atoms with Crippen molar-refractivity contribution in [3.8, 4) is 0 Å². The lowest BCUT2D eigenvalue weighted by Gasteiger charge is -2.33. The monoisotopic (exact) mass is 560 g/mol. The number of ketones is 1. The van der Waals surface area contributed by atoms with Crippen LogP contribution >= 0.6 is 12.4 Å². The molecule has 1 amide bonds. The molecule has 4 rings (SSSR count). The number of esters is 1. The van der Waals surface area contributed by atoms with E-state index in [1.807, 2.05) is 56.4 Å². The minimum absolute atomic E-state index is 0. The summed E-state index contributed by atoms with van der Waals surface area (Å²) in [7, 11) is 2.04. The van der Waals surface area contributed by atoms with E-state index in [2.05, 4.69) is 20.9 Å². The van der Waals surface area contributed by atoms with Gasteiger partial charge in [0.2, 0.25) is 0 Å². The highest BCUT2D eigenvalue weighted by Crippen LogP contribution is 2.34. The second-order valence-electron chi connectivity index (χ2n) is 11.2. The predicted molar refractivity (Wildman–Crippen MR) is 152 cm³/mol. The molecule has 214 valence electrons. The van der Waals surface area contributed by atoms with Crippen molar-refractivity contribution in [2.75, 3.05) is 19.8 Å². The Balaban J connectivity index is 0.00000420. The number of amides is 1. The fourth-order valence-corrected chi connectivity index (χ4v) is 5.23. The number of Topliss-reactive ketones (excluding diaryl/α,β-unsaturated/α-hetero) is 1. The van der Waals surface area contributed by atoms with Gasteiger partial charge < -0.3 is 29.2 Å². The van der Waals surface area contributed by atoms with E-state index in [0.717, 1.165) is 35.0 Å². The molecule has 1 aromatic heterocycles. The molecule has 1 N–H and O–H groups in total. The smallest absolute Gasteiger partial charge is 0.407 e. The second-order valence-corrected chi connectivity index (χ2v) is 11.2. The van der Waals surface area contributed by atoms with Crippen molar-refractivity contribution in [3.63, 3.8) is 0 Å². The molecule has 1 aromatic carbocycles. The summed E-state index contributed by atoms with van der Waals surface area (Å²) in [6.45, 7) is 10.1. The van der Waals surface area contributed by atoms with E-state index < -0.39 is 17.6 Å². The van der Waals surface area contributed by atoms with E-state index in [1.54, 1.807) is 20.8 Å². The summed E-state index contributed by atoms with van der Waals surface area (Å²) in [6, 6.07) is 8.10. The average Bonchev–Trinajstić information content (AvgIpc) is 3.36. The molecule has 0 spiro atoms. The lowest BCUT2D eigenvalue weighted by molar-refractivity contribution is -0.153. The first kappa shape index (κ1) is 30.3. The van der Waals surface area contributed by atoms with E-state index in [-0.39, 0.29) is 49.5 Å². The van der Waals surface area contributed by atoms with E-state index in [4.69, 9.17) is 9.47 Å². The third kappa shape index (κ3) is 6.69. The molecule has 1 aliphatic carbocycles. The molecule has 9 nitrogen and oxygen atoms in total. The largest absolute Gasteiger partial charge is 0.444 e. The highest BCUT2D eigenvalue weighted by molar-refractivity contribution is 6.11. The van der Waals surface area contributed by atoms with Crippen LogP contribution in [0.1, 0.15) is 63.5 Å². The Bertz CT molecular complexity index is 1230. The van der Waals surface area contributed by atoms with Gasteiger partial charge in [0.15, 0.2) is 12.5 Å². The average molecular weight is 561 g/mol. The molecule has 0 saturated carbocycles. The molecule has 10 heteroatoms. The molecule has 39 heavy (non-hydrogen) atoms. The van der Waals surface area contributed by atoms with Gasteiger partial charge in [-0.25, -0.2) is 4.79 Å². The van der Waals surface area contributed by atoms with Gasteiger partial charge >= 0.3 is 12.1 Å². The number of aromatic nitrogens is 1. The number of hydrogen-bond acceptors (Lipinski definition) is 7. The van der Waals surface area contributed by atoms with E-state index >= 15 is 0 Å². The van der Waals surface area contributed by atoms with Crippen molar-refractivity contribution in [1.82, 2.24) is 19.7 Å². The van der Waals surface area contributed by atoms with Crippen LogP contribution in [-0.2, 0) is 27.7 Å². The third-order valence-electron chi connectivity index (χ3n) is 7.49. The second kappa shape index (κ2) is 12.3. The van der Waals surface area contributed by atoms with Gasteiger partial charge in [-0.05, 0) is 53.0 Å². The van der Waals surface area contributed by atoms with Gasteiger partial charge in [-0.1, -0.05) is 25.1 Å². The van der Waals surface area contributed by atoms with Crippen molar-refractivity contribution >= 4 is 41.2 Å². The van der Waals surface area contributed by atoms with Gasteiger partial charge in [0.25, 0.3) is 0 Å². The first-order valence-electron chi connectivity index (χ1n) is 13.4. The standard InChI is InChI=1S/C29H40N4O5.ClH/c1-7-20(16-30-28(36)38-29(3,4)5)27(35)37-18-33-15-14-32(19(33)2)17-21-12-13-24-25(26(21)34)22-10-8-9-11-23(22)31(24)6;/h8-11,14-15,19-21H,7,12-13,16-18H2,1-6H3,(H,30,36);1H. The topological polar surface area (TPSA) is 93.1 Å². The van der Waals surface area contributed by atoms with Crippen LogP contribution in [0.3, 0.4) is 0 Å². The van der Waals surface area contributed by atoms with E-state index in [0.29, 0.717) is 13.0 Å². The molecule has 2 aromatic rings. The molecule has 0 fully saturated rings. The molecular weight excluding hydrogens is 520 g/mol. The number of rotatable bonds is 8. The summed E-state index contributed by atoms with van der Waals surface area (Å²) in [5.41, 5.74) is 2.49. The lowest BCUT2D eigenvalue weighted by Crippen LogP contribution is -2.42. The summed E-state index contributed by atoms with van der Waals surface area (Å²) in [5, 5.41) is 3.69. The number of ether oxygens (including phenoxy) is 2. The molecule has 1 aliphatic heterocycles. The van der Waals surface area contributed by atoms with Crippen molar-refractivity contribution in [2.24, 2.45) is 18.9 Å². The van der Waals surface area contributed by atoms with Crippen molar-refractivity contribution in [2.45, 2.75) is 65.6 Å². The van der Waals surface area contributed by atoms with Crippen LogP contribution in [0.2, 0.25) is 0 Å². The molecule has 2 heterocycles. The number of alkyl carbamates (subject to hydrolysis) is 1. The van der Waals surface area contributed by atoms with Crippen molar-refractivity contribution in [3.05, 3.63) is 47.9 Å². The van der Waals surface area contributed by atoms with Crippen LogP contribution in [0.5, 0.6) is 0 Å². The molecule has 0 bridgehead atoms. The Morgan fingerprint density at radius 3 is 2.54 bits per heavy atom. The fourth-order valence-electron chi connectivity index (χ4n) is 5.23. The quantitative estimate of drug-likeness (QED) is 0.462. The maximum atomic E-state index is 13.5. The van der Waals surface area contributed by atoms with E-state index in [9.17, 15) is 14.4 Å². The summed E-state index contributed by atoms with van der Waals surface area (Å²) in [5.74, 6) is -0.716. The Hall–Kier alpha value is -3.20. The van der Waals surface area contributed by atoms with Gasteiger partial charge in [0.1, 0.15) is 11.8 Å². The minimum Gasteiger partial charge on any atom is -0.444 e. The maximum Gasteiger partial charge on any atom is 0.407 e. The number of nitrogens with one attached hydrogen (secondary N) is 1.